The standard InChI is InChI=1S/C16H24N2O2.C6H14/c1-17-14(12-18-6-2-3-7-18)10-13-4-5-15-16(11-13)20-9-8-19-15;1-3-5-6-4-2/h4-5,11,14,17H,2-3,6-10,12H2,1H3;3-6H2,1-2H3. The van der Waals surface area contributed by atoms with Gasteiger partial charge >= 0.3 is 0 Å². The number of nitrogens with zero attached hydrogens (tertiary/aromatic N) is 1. The zero-order valence-electron chi connectivity index (χ0n) is 17.1. The van der Waals surface area contributed by atoms with Crippen LogP contribution >= 0.6 is 0 Å². The summed E-state index contributed by atoms with van der Waals surface area (Å²) in [5, 5.41) is 3.44. The van der Waals surface area contributed by atoms with Gasteiger partial charge in [0.2, 0.25) is 0 Å². The molecule has 0 amide bonds. The molecule has 0 bridgehead atoms. The Morgan fingerprint density at radius 3 is 2.27 bits per heavy atom. The van der Waals surface area contributed by atoms with Crippen molar-refractivity contribution in [2.24, 2.45) is 0 Å². The van der Waals surface area contributed by atoms with Gasteiger partial charge in [0.1, 0.15) is 13.2 Å². The SMILES string of the molecule is CCCCCC.CNC(Cc1ccc2c(c1)OCCO2)CN1CCCC1. The van der Waals surface area contributed by atoms with E-state index in [1.54, 1.807) is 0 Å². The highest BCUT2D eigenvalue weighted by Crippen LogP contribution is 2.31. The summed E-state index contributed by atoms with van der Waals surface area (Å²) in [6.07, 6.45) is 9.26. The molecule has 4 nitrogen and oxygen atoms in total. The van der Waals surface area contributed by atoms with Crippen LogP contribution < -0.4 is 14.8 Å². The lowest BCUT2D eigenvalue weighted by atomic mass is 10.0. The Morgan fingerprint density at radius 1 is 1.00 bits per heavy atom. The van der Waals surface area contributed by atoms with Crippen LogP contribution in [0.5, 0.6) is 11.5 Å². The average molecular weight is 363 g/mol. The third kappa shape index (κ3) is 7.16. The summed E-state index contributed by atoms with van der Waals surface area (Å²) in [6.45, 7) is 9.40. The van der Waals surface area contributed by atoms with Crippen molar-refractivity contribution >= 4 is 0 Å². The molecule has 1 N–H and O–H groups in total. The number of unbranched alkanes of at least 4 members (excludes halogenated alkanes) is 3. The van der Waals surface area contributed by atoms with Crippen LogP contribution in [0.3, 0.4) is 0 Å². The van der Waals surface area contributed by atoms with E-state index >= 15 is 0 Å². The molecular formula is C22H38N2O2. The smallest absolute Gasteiger partial charge is 0.161 e. The molecule has 0 aromatic heterocycles. The molecule has 0 spiro atoms. The first-order chi connectivity index (χ1) is 12.8. The Kier molecular flexibility index (Phi) is 9.86. The van der Waals surface area contributed by atoms with Crippen molar-refractivity contribution in [3.63, 3.8) is 0 Å². The number of rotatable bonds is 8. The monoisotopic (exact) mass is 362 g/mol. The summed E-state index contributed by atoms with van der Waals surface area (Å²) < 4.78 is 11.2. The molecule has 3 rings (SSSR count). The van der Waals surface area contributed by atoms with Crippen LogP contribution in [-0.2, 0) is 6.42 Å². The largest absolute Gasteiger partial charge is 0.486 e. The lowest BCUT2D eigenvalue weighted by Crippen LogP contribution is -2.39. The van der Waals surface area contributed by atoms with E-state index in [1.165, 1.54) is 57.2 Å². The molecule has 2 aliphatic heterocycles. The Labute approximate surface area is 160 Å². The predicted molar refractivity (Wildman–Crippen MR) is 109 cm³/mol. The molecule has 1 fully saturated rings. The van der Waals surface area contributed by atoms with Crippen LogP contribution in [0.25, 0.3) is 0 Å². The van der Waals surface area contributed by atoms with E-state index < -0.39 is 0 Å². The van der Waals surface area contributed by atoms with Crippen LogP contribution in [0.1, 0.15) is 57.9 Å². The molecule has 1 atom stereocenters. The first-order valence-electron chi connectivity index (χ1n) is 10.5. The van der Waals surface area contributed by atoms with Gasteiger partial charge in [-0.05, 0) is 57.1 Å². The molecule has 1 unspecified atom stereocenters. The topological polar surface area (TPSA) is 33.7 Å². The summed E-state index contributed by atoms with van der Waals surface area (Å²) in [5.41, 5.74) is 1.31. The minimum atomic E-state index is 0.496. The summed E-state index contributed by atoms with van der Waals surface area (Å²) in [4.78, 5) is 2.55. The number of nitrogens with one attached hydrogen (secondary N) is 1. The van der Waals surface area contributed by atoms with Gasteiger partial charge in [-0.25, -0.2) is 0 Å². The molecule has 0 radical (unpaired) electrons. The maximum absolute atomic E-state index is 5.66. The molecule has 148 valence electrons. The summed E-state index contributed by atoms with van der Waals surface area (Å²) in [5.74, 6) is 1.77. The van der Waals surface area contributed by atoms with Gasteiger partial charge < -0.3 is 19.7 Å². The average Bonchev–Trinajstić information content (AvgIpc) is 3.19. The molecule has 1 saturated heterocycles. The van der Waals surface area contributed by atoms with Gasteiger partial charge in [-0.15, -0.1) is 0 Å². The van der Waals surface area contributed by atoms with Gasteiger partial charge in [0, 0.05) is 12.6 Å². The summed E-state index contributed by atoms with van der Waals surface area (Å²) >= 11 is 0. The fraction of sp³-hybridized carbons (Fsp3) is 0.727. The van der Waals surface area contributed by atoms with Gasteiger partial charge in [-0.1, -0.05) is 45.6 Å². The zero-order valence-corrected chi connectivity index (χ0v) is 17.1. The molecule has 0 aliphatic carbocycles. The molecule has 26 heavy (non-hydrogen) atoms. The highest BCUT2D eigenvalue weighted by Gasteiger charge is 2.18. The van der Waals surface area contributed by atoms with Crippen molar-refractivity contribution in [1.82, 2.24) is 10.2 Å². The Bertz CT molecular complexity index is 497. The second-order valence-electron chi connectivity index (χ2n) is 7.38. The number of benzene rings is 1. The predicted octanol–water partition coefficient (Wildman–Crippen LogP) is 4.27. The van der Waals surface area contributed by atoms with Crippen molar-refractivity contribution in [2.45, 2.75) is 64.8 Å². The van der Waals surface area contributed by atoms with Gasteiger partial charge in [0.05, 0.1) is 0 Å². The quantitative estimate of drug-likeness (QED) is 0.700. The first kappa shape index (κ1) is 21.0. The Balaban J connectivity index is 0.000000352. The number of likely N-dealkylation sites (N-methyl/N-ethyl adjacent to an activating group) is 1. The van der Waals surface area contributed by atoms with Crippen molar-refractivity contribution in [3.8, 4) is 11.5 Å². The zero-order chi connectivity index (χ0) is 18.6. The van der Waals surface area contributed by atoms with Crippen LogP contribution in [0.15, 0.2) is 18.2 Å². The molecule has 4 heteroatoms. The molecular weight excluding hydrogens is 324 g/mol. The number of hydrogen-bond acceptors (Lipinski definition) is 4. The molecule has 2 heterocycles. The minimum absolute atomic E-state index is 0.496. The minimum Gasteiger partial charge on any atom is -0.486 e. The number of likely N-dealkylation sites (tertiary alicyclic amines) is 1. The number of ether oxygens (including phenoxy) is 2. The third-order valence-electron chi connectivity index (χ3n) is 5.13. The van der Waals surface area contributed by atoms with E-state index in [0.717, 1.165) is 24.5 Å². The maximum atomic E-state index is 5.66. The van der Waals surface area contributed by atoms with E-state index in [1.807, 2.05) is 6.07 Å². The fourth-order valence-corrected chi connectivity index (χ4v) is 3.53. The lowest BCUT2D eigenvalue weighted by molar-refractivity contribution is 0.171. The van der Waals surface area contributed by atoms with Crippen molar-refractivity contribution in [2.75, 3.05) is 39.9 Å². The summed E-state index contributed by atoms with van der Waals surface area (Å²) in [6, 6.07) is 6.81. The van der Waals surface area contributed by atoms with E-state index in [9.17, 15) is 0 Å². The van der Waals surface area contributed by atoms with Gasteiger partial charge in [-0.3, -0.25) is 0 Å². The normalized spacial score (nSPS) is 17.5. The second kappa shape index (κ2) is 12.2. The lowest BCUT2D eigenvalue weighted by Gasteiger charge is -2.24. The highest BCUT2D eigenvalue weighted by atomic mass is 16.6. The van der Waals surface area contributed by atoms with Gasteiger partial charge in [-0.2, -0.15) is 0 Å². The van der Waals surface area contributed by atoms with Crippen molar-refractivity contribution in [1.29, 1.82) is 0 Å². The van der Waals surface area contributed by atoms with E-state index in [-0.39, 0.29) is 0 Å². The number of fused-ring (bicyclic) bond motifs is 1. The van der Waals surface area contributed by atoms with Crippen LogP contribution in [0, 0.1) is 0 Å². The van der Waals surface area contributed by atoms with E-state index in [4.69, 9.17) is 9.47 Å². The van der Waals surface area contributed by atoms with E-state index in [0.29, 0.717) is 19.3 Å². The third-order valence-corrected chi connectivity index (χ3v) is 5.13. The molecule has 1 aromatic rings. The van der Waals surface area contributed by atoms with Crippen LogP contribution in [0.2, 0.25) is 0 Å². The van der Waals surface area contributed by atoms with Crippen LogP contribution in [0.4, 0.5) is 0 Å². The Hall–Kier alpha value is -1.26. The molecule has 1 aromatic carbocycles. The number of hydrogen-bond donors (Lipinski definition) is 1. The van der Waals surface area contributed by atoms with Crippen molar-refractivity contribution in [3.05, 3.63) is 23.8 Å². The van der Waals surface area contributed by atoms with Crippen LogP contribution in [-0.4, -0.2) is 50.8 Å². The second-order valence-corrected chi connectivity index (χ2v) is 7.38. The molecule has 2 aliphatic rings. The van der Waals surface area contributed by atoms with E-state index in [2.05, 4.69) is 43.2 Å². The Morgan fingerprint density at radius 2 is 1.65 bits per heavy atom. The molecule has 0 saturated carbocycles. The summed E-state index contributed by atoms with van der Waals surface area (Å²) in [7, 11) is 2.05. The van der Waals surface area contributed by atoms with Gasteiger partial charge in [0.15, 0.2) is 11.5 Å². The fourth-order valence-electron chi connectivity index (χ4n) is 3.53. The van der Waals surface area contributed by atoms with Gasteiger partial charge in [0.25, 0.3) is 0 Å². The maximum Gasteiger partial charge on any atom is 0.161 e. The highest BCUT2D eigenvalue weighted by molar-refractivity contribution is 5.44. The first-order valence-corrected chi connectivity index (χ1v) is 10.5. The van der Waals surface area contributed by atoms with Crippen molar-refractivity contribution < 1.29 is 9.47 Å².